The van der Waals surface area contributed by atoms with Gasteiger partial charge in [0.2, 0.25) is 0 Å². The first kappa shape index (κ1) is 15.6. The highest BCUT2D eigenvalue weighted by Gasteiger charge is 2.17. The molecule has 0 spiro atoms. The minimum Gasteiger partial charge on any atom is -0.486 e. The van der Waals surface area contributed by atoms with E-state index in [4.69, 9.17) is 9.47 Å². The molecule has 3 nitrogen and oxygen atoms in total. The summed E-state index contributed by atoms with van der Waals surface area (Å²) >= 11 is 3.56. The Bertz CT molecular complexity index is 446. The van der Waals surface area contributed by atoms with Gasteiger partial charge in [0.25, 0.3) is 0 Å². The van der Waals surface area contributed by atoms with E-state index in [9.17, 15) is 0 Å². The van der Waals surface area contributed by atoms with Crippen molar-refractivity contribution >= 4 is 15.9 Å². The fourth-order valence-electron chi connectivity index (χ4n) is 2.71. The minimum absolute atomic E-state index is 0.525. The van der Waals surface area contributed by atoms with Crippen molar-refractivity contribution in [2.45, 2.75) is 46.2 Å². The van der Waals surface area contributed by atoms with Gasteiger partial charge in [0.05, 0.1) is 4.47 Å². The fraction of sp³-hybridized carbons (Fsp3) is 0.625. The molecular formula is C16H24BrNO2. The Morgan fingerprint density at radius 3 is 2.60 bits per heavy atom. The van der Waals surface area contributed by atoms with Gasteiger partial charge < -0.3 is 14.8 Å². The third-order valence-corrected chi connectivity index (χ3v) is 4.63. The molecule has 0 fully saturated rings. The van der Waals surface area contributed by atoms with E-state index in [0.717, 1.165) is 28.4 Å². The van der Waals surface area contributed by atoms with Crippen LogP contribution in [0.5, 0.6) is 11.5 Å². The lowest BCUT2D eigenvalue weighted by atomic mass is 9.95. The van der Waals surface area contributed by atoms with Crippen LogP contribution in [0.4, 0.5) is 0 Å². The largest absolute Gasteiger partial charge is 0.486 e. The quantitative estimate of drug-likeness (QED) is 0.843. The van der Waals surface area contributed by atoms with Gasteiger partial charge in [-0.3, -0.25) is 0 Å². The second kappa shape index (κ2) is 7.32. The van der Waals surface area contributed by atoms with Crippen molar-refractivity contribution in [2.24, 2.45) is 5.92 Å². The number of nitrogens with one attached hydrogen (secondary N) is 1. The van der Waals surface area contributed by atoms with Crippen molar-refractivity contribution in [3.63, 3.8) is 0 Å². The van der Waals surface area contributed by atoms with Gasteiger partial charge in [-0.05, 0) is 46.5 Å². The average Bonchev–Trinajstić information content (AvgIpc) is 2.46. The molecule has 1 unspecified atom stereocenters. The summed E-state index contributed by atoms with van der Waals surface area (Å²) in [6.07, 6.45) is 2.44. The van der Waals surface area contributed by atoms with E-state index in [1.165, 1.54) is 18.4 Å². The van der Waals surface area contributed by atoms with Crippen molar-refractivity contribution in [3.8, 4) is 11.5 Å². The molecule has 1 N–H and O–H groups in total. The van der Waals surface area contributed by atoms with E-state index in [1.54, 1.807) is 0 Å². The Morgan fingerprint density at radius 2 is 1.90 bits per heavy atom. The molecule has 0 amide bonds. The summed E-state index contributed by atoms with van der Waals surface area (Å²) in [5, 5.41) is 3.62. The van der Waals surface area contributed by atoms with Gasteiger partial charge in [-0.15, -0.1) is 0 Å². The lowest BCUT2D eigenvalue weighted by molar-refractivity contribution is 0.170. The Labute approximate surface area is 130 Å². The maximum absolute atomic E-state index is 5.66. The molecule has 1 aliphatic rings. The first-order valence-corrected chi connectivity index (χ1v) is 8.26. The van der Waals surface area contributed by atoms with E-state index < -0.39 is 0 Å². The number of rotatable bonds is 6. The number of hydrogen-bond donors (Lipinski definition) is 1. The molecule has 0 aliphatic carbocycles. The fourth-order valence-corrected chi connectivity index (χ4v) is 3.31. The Hall–Kier alpha value is -0.740. The Kier molecular flexibility index (Phi) is 5.73. The first-order valence-electron chi connectivity index (χ1n) is 7.47. The van der Waals surface area contributed by atoms with E-state index >= 15 is 0 Å². The van der Waals surface area contributed by atoms with Crippen molar-refractivity contribution in [1.82, 2.24) is 5.32 Å². The number of halogens is 1. The van der Waals surface area contributed by atoms with Crippen LogP contribution in [-0.2, 0) is 6.54 Å². The molecular weight excluding hydrogens is 318 g/mol. The van der Waals surface area contributed by atoms with E-state index in [2.05, 4.69) is 54.2 Å². The summed E-state index contributed by atoms with van der Waals surface area (Å²) in [5.41, 5.74) is 1.22. The van der Waals surface area contributed by atoms with Crippen LogP contribution in [0.1, 0.15) is 39.2 Å². The standard InChI is InChI=1S/C16H24BrNO2/c1-4-13(5-2)11(3)18-10-12-8-14(17)16-15(9-12)19-6-7-20-16/h8-9,11,13,18H,4-7,10H2,1-3H3. The van der Waals surface area contributed by atoms with Gasteiger partial charge >= 0.3 is 0 Å². The van der Waals surface area contributed by atoms with Crippen LogP contribution in [0.15, 0.2) is 16.6 Å². The predicted octanol–water partition coefficient (Wildman–Crippen LogP) is 4.13. The molecule has 1 aromatic carbocycles. The van der Waals surface area contributed by atoms with Crippen molar-refractivity contribution < 1.29 is 9.47 Å². The number of ether oxygens (including phenoxy) is 2. The van der Waals surface area contributed by atoms with Crippen LogP contribution in [-0.4, -0.2) is 19.3 Å². The van der Waals surface area contributed by atoms with Gasteiger partial charge in [-0.1, -0.05) is 26.7 Å². The summed E-state index contributed by atoms with van der Waals surface area (Å²) in [6.45, 7) is 8.88. The number of benzene rings is 1. The SMILES string of the molecule is CCC(CC)C(C)NCc1cc(Br)c2c(c1)OCCO2. The molecule has 0 aromatic heterocycles. The summed E-state index contributed by atoms with van der Waals surface area (Å²) in [6, 6.07) is 4.71. The van der Waals surface area contributed by atoms with Crippen LogP contribution >= 0.6 is 15.9 Å². The van der Waals surface area contributed by atoms with Crippen LogP contribution in [0, 0.1) is 5.92 Å². The molecule has 4 heteroatoms. The third-order valence-electron chi connectivity index (χ3n) is 4.04. The second-order valence-corrected chi connectivity index (χ2v) is 6.20. The zero-order chi connectivity index (χ0) is 14.5. The topological polar surface area (TPSA) is 30.5 Å². The minimum atomic E-state index is 0.525. The molecule has 2 rings (SSSR count). The molecule has 0 radical (unpaired) electrons. The van der Waals surface area contributed by atoms with Crippen LogP contribution in [0.25, 0.3) is 0 Å². The van der Waals surface area contributed by atoms with Gasteiger partial charge in [-0.2, -0.15) is 0 Å². The molecule has 0 saturated heterocycles. The molecule has 20 heavy (non-hydrogen) atoms. The van der Waals surface area contributed by atoms with Gasteiger partial charge in [0, 0.05) is 12.6 Å². The molecule has 1 aromatic rings. The monoisotopic (exact) mass is 341 g/mol. The summed E-state index contributed by atoms with van der Waals surface area (Å²) in [7, 11) is 0. The summed E-state index contributed by atoms with van der Waals surface area (Å²) in [5.74, 6) is 2.40. The van der Waals surface area contributed by atoms with E-state index in [1.807, 2.05) is 0 Å². The lowest BCUT2D eigenvalue weighted by Gasteiger charge is -2.24. The van der Waals surface area contributed by atoms with E-state index in [0.29, 0.717) is 19.3 Å². The van der Waals surface area contributed by atoms with Crippen molar-refractivity contribution in [1.29, 1.82) is 0 Å². The Morgan fingerprint density at radius 1 is 1.20 bits per heavy atom. The lowest BCUT2D eigenvalue weighted by Crippen LogP contribution is -2.32. The maximum atomic E-state index is 5.66. The normalized spacial score (nSPS) is 15.4. The summed E-state index contributed by atoms with van der Waals surface area (Å²) < 4.78 is 12.2. The van der Waals surface area contributed by atoms with Crippen LogP contribution in [0.2, 0.25) is 0 Å². The zero-order valence-electron chi connectivity index (χ0n) is 12.5. The molecule has 1 aliphatic heterocycles. The highest BCUT2D eigenvalue weighted by molar-refractivity contribution is 9.10. The molecule has 0 bridgehead atoms. The van der Waals surface area contributed by atoms with Crippen molar-refractivity contribution in [3.05, 3.63) is 22.2 Å². The third kappa shape index (κ3) is 3.67. The van der Waals surface area contributed by atoms with Gasteiger partial charge in [0.1, 0.15) is 13.2 Å². The predicted molar refractivity (Wildman–Crippen MR) is 85.5 cm³/mol. The van der Waals surface area contributed by atoms with Gasteiger partial charge in [0.15, 0.2) is 11.5 Å². The number of hydrogen-bond acceptors (Lipinski definition) is 3. The van der Waals surface area contributed by atoms with Crippen molar-refractivity contribution in [2.75, 3.05) is 13.2 Å². The van der Waals surface area contributed by atoms with Crippen LogP contribution < -0.4 is 14.8 Å². The molecule has 1 heterocycles. The molecule has 1 atom stereocenters. The Balaban J connectivity index is 2.01. The zero-order valence-corrected chi connectivity index (χ0v) is 14.1. The highest BCUT2D eigenvalue weighted by atomic mass is 79.9. The number of fused-ring (bicyclic) bond motifs is 1. The highest BCUT2D eigenvalue weighted by Crippen LogP contribution is 2.38. The first-order chi connectivity index (χ1) is 9.65. The maximum Gasteiger partial charge on any atom is 0.175 e. The van der Waals surface area contributed by atoms with Gasteiger partial charge in [-0.25, -0.2) is 0 Å². The van der Waals surface area contributed by atoms with E-state index in [-0.39, 0.29) is 0 Å². The second-order valence-electron chi connectivity index (χ2n) is 5.35. The smallest absolute Gasteiger partial charge is 0.175 e. The molecule has 112 valence electrons. The summed E-state index contributed by atoms with van der Waals surface area (Å²) in [4.78, 5) is 0. The van der Waals surface area contributed by atoms with Crippen LogP contribution in [0.3, 0.4) is 0 Å². The molecule has 0 saturated carbocycles. The average molecular weight is 342 g/mol.